The maximum Gasteiger partial charge on any atom is 0.329 e. The average Bonchev–Trinajstić information content (AvgIpc) is 2.55. The summed E-state index contributed by atoms with van der Waals surface area (Å²) in [5.41, 5.74) is 4.50. The van der Waals surface area contributed by atoms with E-state index >= 15 is 0 Å². The fourth-order valence-corrected chi connectivity index (χ4v) is 1.82. The Balaban J connectivity index is 1.88. The summed E-state index contributed by atoms with van der Waals surface area (Å²) < 4.78 is 5.04. The zero-order chi connectivity index (χ0) is 16.7. The number of hydrogen-bond acceptors (Lipinski definition) is 4. The van der Waals surface area contributed by atoms with Crippen LogP contribution in [0.1, 0.15) is 11.1 Å². The maximum atomic E-state index is 11.7. The van der Waals surface area contributed by atoms with Crippen LogP contribution < -0.4 is 15.5 Å². The number of methoxy groups -OCH3 is 1. The fourth-order valence-electron chi connectivity index (χ4n) is 1.82. The minimum atomic E-state index is -0.837. The third kappa shape index (κ3) is 4.96. The molecule has 0 aliphatic rings. The van der Waals surface area contributed by atoms with Gasteiger partial charge in [-0.15, -0.1) is 0 Å². The molecule has 0 aromatic heterocycles. The highest BCUT2D eigenvalue weighted by Crippen LogP contribution is 2.10. The number of carbonyl (C=O) groups is 2. The number of rotatable bonds is 4. The highest BCUT2D eigenvalue weighted by atomic mass is 16.5. The van der Waals surface area contributed by atoms with Crippen molar-refractivity contribution in [3.8, 4) is 5.75 Å². The molecule has 2 N–H and O–H groups in total. The molecule has 0 fully saturated rings. The van der Waals surface area contributed by atoms with Gasteiger partial charge in [-0.3, -0.25) is 9.59 Å². The number of nitrogens with one attached hydrogen (secondary N) is 2. The molecule has 2 amide bonds. The molecule has 6 nitrogen and oxygen atoms in total. The lowest BCUT2D eigenvalue weighted by Gasteiger charge is -2.04. The van der Waals surface area contributed by atoms with Crippen LogP contribution >= 0.6 is 0 Å². The summed E-state index contributed by atoms with van der Waals surface area (Å²) in [7, 11) is 1.58. The number of nitrogens with zero attached hydrogens (tertiary/aromatic N) is 1. The van der Waals surface area contributed by atoms with Crippen LogP contribution in [0.25, 0.3) is 0 Å². The molecule has 2 rings (SSSR count). The number of amides is 2. The largest absolute Gasteiger partial charge is 0.497 e. The summed E-state index contributed by atoms with van der Waals surface area (Å²) in [6, 6.07) is 14.3. The molecular formula is C17H17N3O3. The zero-order valence-corrected chi connectivity index (χ0v) is 12.9. The van der Waals surface area contributed by atoms with Crippen molar-refractivity contribution >= 4 is 23.7 Å². The third-order valence-electron chi connectivity index (χ3n) is 2.98. The van der Waals surface area contributed by atoms with E-state index in [2.05, 4.69) is 15.8 Å². The molecule has 0 atom stereocenters. The number of anilines is 1. The average molecular weight is 311 g/mol. The van der Waals surface area contributed by atoms with Gasteiger partial charge in [0.15, 0.2) is 0 Å². The summed E-state index contributed by atoms with van der Waals surface area (Å²) in [6.45, 7) is 1.90. The SMILES string of the molecule is COc1ccc(C=NNC(=O)C(=O)Nc2cccc(C)c2)cc1. The summed E-state index contributed by atoms with van der Waals surface area (Å²) in [5.74, 6) is -0.887. The van der Waals surface area contributed by atoms with Crippen LogP contribution in [0.2, 0.25) is 0 Å². The van der Waals surface area contributed by atoms with Gasteiger partial charge >= 0.3 is 11.8 Å². The van der Waals surface area contributed by atoms with Crippen molar-refractivity contribution in [2.45, 2.75) is 6.92 Å². The predicted octanol–water partition coefficient (Wildman–Crippen LogP) is 2.09. The van der Waals surface area contributed by atoms with Gasteiger partial charge in [0.25, 0.3) is 0 Å². The lowest BCUT2D eigenvalue weighted by Crippen LogP contribution is -2.32. The van der Waals surface area contributed by atoms with Gasteiger partial charge in [-0.1, -0.05) is 12.1 Å². The lowest BCUT2D eigenvalue weighted by atomic mass is 10.2. The number of hydrogen-bond donors (Lipinski definition) is 2. The van der Waals surface area contributed by atoms with Crippen LogP contribution in [0.15, 0.2) is 53.6 Å². The van der Waals surface area contributed by atoms with Gasteiger partial charge in [-0.25, -0.2) is 5.43 Å². The molecule has 0 radical (unpaired) electrons. The van der Waals surface area contributed by atoms with E-state index in [0.717, 1.165) is 16.9 Å². The van der Waals surface area contributed by atoms with Crippen LogP contribution in [0, 0.1) is 6.92 Å². The maximum absolute atomic E-state index is 11.7. The summed E-state index contributed by atoms with van der Waals surface area (Å²) in [6.07, 6.45) is 1.44. The molecule has 0 heterocycles. The Morgan fingerprint density at radius 1 is 1.09 bits per heavy atom. The van der Waals surface area contributed by atoms with Crippen molar-refractivity contribution in [1.29, 1.82) is 0 Å². The molecule has 0 spiro atoms. The van der Waals surface area contributed by atoms with Gasteiger partial charge in [0.2, 0.25) is 0 Å². The van der Waals surface area contributed by atoms with Crippen LogP contribution in [-0.2, 0) is 9.59 Å². The second-order valence-electron chi connectivity index (χ2n) is 4.80. The monoisotopic (exact) mass is 311 g/mol. The molecule has 0 unspecified atom stereocenters. The number of carbonyl (C=O) groups excluding carboxylic acids is 2. The topological polar surface area (TPSA) is 79.8 Å². The van der Waals surface area contributed by atoms with Crippen LogP contribution in [-0.4, -0.2) is 25.1 Å². The van der Waals surface area contributed by atoms with Crippen LogP contribution in [0.4, 0.5) is 5.69 Å². The molecular weight excluding hydrogens is 294 g/mol. The normalized spacial score (nSPS) is 10.3. The standard InChI is InChI=1S/C17H17N3O3/c1-12-4-3-5-14(10-12)19-16(21)17(22)20-18-11-13-6-8-15(23-2)9-7-13/h3-11H,1-2H3,(H,19,21)(H,20,22). The number of hydrazone groups is 1. The highest BCUT2D eigenvalue weighted by molar-refractivity contribution is 6.39. The van der Waals surface area contributed by atoms with Crippen molar-refractivity contribution in [3.63, 3.8) is 0 Å². The first-order valence-corrected chi connectivity index (χ1v) is 6.93. The molecule has 0 bridgehead atoms. The Bertz CT molecular complexity index is 724. The number of aryl methyl sites for hydroxylation is 1. The van der Waals surface area contributed by atoms with Gasteiger partial charge in [-0.2, -0.15) is 5.10 Å². The molecule has 23 heavy (non-hydrogen) atoms. The first kappa shape index (κ1) is 16.2. The van der Waals surface area contributed by atoms with Crippen LogP contribution in [0.5, 0.6) is 5.75 Å². The van der Waals surface area contributed by atoms with E-state index in [1.807, 2.05) is 13.0 Å². The Labute approximate surface area is 134 Å². The fraction of sp³-hybridized carbons (Fsp3) is 0.118. The van der Waals surface area contributed by atoms with Crippen molar-refractivity contribution in [1.82, 2.24) is 5.43 Å². The van der Waals surface area contributed by atoms with Crippen molar-refractivity contribution in [2.24, 2.45) is 5.10 Å². The second kappa shape index (κ2) is 7.74. The minimum absolute atomic E-state index is 0.560. The lowest BCUT2D eigenvalue weighted by molar-refractivity contribution is -0.136. The van der Waals surface area contributed by atoms with Crippen LogP contribution in [0.3, 0.4) is 0 Å². The van der Waals surface area contributed by atoms with E-state index in [0.29, 0.717) is 5.69 Å². The van der Waals surface area contributed by atoms with Crippen molar-refractivity contribution in [3.05, 3.63) is 59.7 Å². The van der Waals surface area contributed by atoms with Gasteiger partial charge < -0.3 is 10.1 Å². The first-order valence-electron chi connectivity index (χ1n) is 6.93. The highest BCUT2D eigenvalue weighted by Gasteiger charge is 2.12. The Morgan fingerprint density at radius 3 is 2.48 bits per heavy atom. The van der Waals surface area contributed by atoms with Gasteiger partial charge in [0.05, 0.1) is 13.3 Å². The molecule has 118 valence electrons. The van der Waals surface area contributed by atoms with E-state index in [4.69, 9.17) is 4.74 Å². The van der Waals surface area contributed by atoms with E-state index < -0.39 is 11.8 Å². The molecule has 0 aliphatic carbocycles. The summed E-state index contributed by atoms with van der Waals surface area (Å²) in [4.78, 5) is 23.4. The van der Waals surface area contributed by atoms with Gasteiger partial charge in [0, 0.05) is 5.69 Å². The van der Waals surface area contributed by atoms with E-state index in [-0.39, 0.29) is 0 Å². The molecule has 2 aromatic carbocycles. The molecule has 2 aromatic rings. The molecule has 0 saturated heterocycles. The number of benzene rings is 2. The Morgan fingerprint density at radius 2 is 1.83 bits per heavy atom. The smallest absolute Gasteiger partial charge is 0.329 e. The van der Waals surface area contributed by atoms with Gasteiger partial charge in [-0.05, 0) is 54.4 Å². The van der Waals surface area contributed by atoms with E-state index in [9.17, 15) is 9.59 Å². The van der Waals surface area contributed by atoms with Gasteiger partial charge in [0.1, 0.15) is 5.75 Å². The predicted molar refractivity (Wildman–Crippen MR) is 88.5 cm³/mol. The second-order valence-corrected chi connectivity index (χ2v) is 4.80. The molecule has 0 saturated carbocycles. The minimum Gasteiger partial charge on any atom is -0.497 e. The number of ether oxygens (including phenoxy) is 1. The van der Waals surface area contributed by atoms with E-state index in [1.54, 1.807) is 49.6 Å². The zero-order valence-electron chi connectivity index (χ0n) is 12.9. The molecule has 0 aliphatic heterocycles. The first-order chi connectivity index (χ1) is 11.1. The van der Waals surface area contributed by atoms with Crippen molar-refractivity contribution < 1.29 is 14.3 Å². The Kier molecular flexibility index (Phi) is 5.46. The molecule has 6 heteroatoms. The van der Waals surface area contributed by atoms with E-state index in [1.165, 1.54) is 6.21 Å². The summed E-state index contributed by atoms with van der Waals surface area (Å²) >= 11 is 0. The Hall–Kier alpha value is -3.15. The van der Waals surface area contributed by atoms with Crippen molar-refractivity contribution in [2.75, 3.05) is 12.4 Å². The quantitative estimate of drug-likeness (QED) is 0.515. The third-order valence-corrected chi connectivity index (χ3v) is 2.98. The summed E-state index contributed by atoms with van der Waals surface area (Å²) in [5, 5.41) is 6.26.